The average molecular weight is 440 g/mol. The van der Waals surface area contributed by atoms with Crippen LogP contribution in [0.2, 0.25) is 0 Å². The molecule has 0 spiro atoms. The fourth-order valence-corrected chi connectivity index (χ4v) is 3.20. The molecule has 18 heavy (non-hydrogen) atoms. The lowest BCUT2D eigenvalue weighted by molar-refractivity contribution is 0.595. The first-order valence-electron chi connectivity index (χ1n) is 4.97. The van der Waals surface area contributed by atoms with Crippen LogP contribution in [0.3, 0.4) is 0 Å². The van der Waals surface area contributed by atoms with Crippen LogP contribution in [-0.2, 0) is 6.54 Å². The Morgan fingerprint density at radius 1 is 1.11 bits per heavy atom. The monoisotopic (exact) mass is 437 g/mol. The zero-order valence-corrected chi connectivity index (χ0v) is 13.7. The molecule has 0 aliphatic heterocycles. The normalized spacial score (nSPS) is 10.7. The van der Waals surface area contributed by atoms with Gasteiger partial charge < -0.3 is 4.57 Å². The highest BCUT2D eigenvalue weighted by atomic mass is 79.9. The Morgan fingerprint density at radius 2 is 1.83 bits per heavy atom. The third kappa shape index (κ3) is 3.10. The molecule has 0 amide bonds. The van der Waals surface area contributed by atoms with E-state index in [0.29, 0.717) is 10.0 Å². The molecule has 1 aromatic carbocycles. The number of pyridine rings is 1. The molecule has 2 aromatic rings. The van der Waals surface area contributed by atoms with E-state index in [0.717, 1.165) is 8.95 Å². The summed E-state index contributed by atoms with van der Waals surface area (Å²) in [5.74, 6) is -0.332. The van der Waals surface area contributed by atoms with Crippen molar-refractivity contribution in [2.24, 2.45) is 0 Å². The van der Waals surface area contributed by atoms with Gasteiger partial charge in [-0.1, -0.05) is 15.9 Å². The summed E-state index contributed by atoms with van der Waals surface area (Å²) in [4.78, 5) is 11.9. The van der Waals surface area contributed by atoms with E-state index in [4.69, 9.17) is 0 Å². The number of aromatic nitrogens is 1. The minimum Gasteiger partial charge on any atom is -0.309 e. The number of halogens is 4. The first kappa shape index (κ1) is 14.0. The Balaban J connectivity index is 2.46. The average Bonchev–Trinajstić information content (AvgIpc) is 2.30. The van der Waals surface area contributed by atoms with Crippen molar-refractivity contribution in [3.63, 3.8) is 0 Å². The van der Waals surface area contributed by atoms with Gasteiger partial charge in [-0.15, -0.1) is 0 Å². The largest absolute Gasteiger partial charge is 0.309 e. The minimum atomic E-state index is -0.332. The van der Waals surface area contributed by atoms with Crippen molar-refractivity contribution in [3.05, 3.63) is 65.6 Å². The van der Waals surface area contributed by atoms with Crippen LogP contribution in [0.4, 0.5) is 4.39 Å². The van der Waals surface area contributed by atoms with Crippen molar-refractivity contribution in [3.8, 4) is 0 Å². The Labute approximate surface area is 128 Å². The first-order valence-corrected chi connectivity index (χ1v) is 7.34. The smallest absolute Gasteiger partial charge is 0.265 e. The van der Waals surface area contributed by atoms with Gasteiger partial charge in [0.15, 0.2) is 0 Å². The molecule has 0 unspecified atom stereocenters. The van der Waals surface area contributed by atoms with Crippen LogP contribution in [0.25, 0.3) is 0 Å². The van der Waals surface area contributed by atoms with Crippen molar-refractivity contribution in [1.29, 1.82) is 0 Å². The molecule has 94 valence electrons. The molecule has 0 saturated heterocycles. The van der Waals surface area contributed by atoms with E-state index in [9.17, 15) is 9.18 Å². The molecule has 0 bridgehead atoms. The maximum Gasteiger partial charge on any atom is 0.265 e. The van der Waals surface area contributed by atoms with E-state index in [-0.39, 0.29) is 17.9 Å². The van der Waals surface area contributed by atoms with Crippen LogP contribution in [0, 0.1) is 5.82 Å². The highest BCUT2D eigenvalue weighted by molar-refractivity contribution is 9.11. The van der Waals surface area contributed by atoms with E-state index in [1.54, 1.807) is 24.4 Å². The van der Waals surface area contributed by atoms with Crippen LogP contribution in [0.1, 0.15) is 5.56 Å². The predicted molar refractivity (Wildman–Crippen MR) is 79.3 cm³/mol. The molecule has 0 fully saturated rings. The molecule has 0 saturated carbocycles. The number of benzene rings is 1. The quantitative estimate of drug-likeness (QED) is 0.683. The molecular formula is C12H7Br3FNO. The van der Waals surface area contributed by atoms with Crippen molar-refractivity contribution in [1.82, 2.24) is 4.57 Å². The van der Waals surface area contributed by atoms with Gasteiger partial charge in [0, 0.05) is 20.7 Å². The summed E-state index contributed by atoms with van der Waals surface area (Å²) < 4.78 is 17.0. The lowest BCUT2D eigenvalue weighted by Crippen LogP contribution is -2.21. The van der Waals surface area contributed by atoms with Crippen molar-refractivity contribution < 1.29 is 4.39 Å². The Morgan fingerprint density at radius 3 is 2.56 bits per heavy atom. The molecule has 0 aliphatic rings. The van der Waals surface area contributed by atoms with Crippen molar-refractivity contribution in [2.75, 3.05) is 0 Å². The highest BCUT2D eigenvalue weighted by Crippen LogP contribution is 2.18. The molecule has 0 N–H and O–H groups in total. The standard InChI is InChI=1S/C12H7Br3FNO/c13-8-1-2-11(16)7(3-8)5-17-6-9(14)4-10(15)12(17)18/h1-4,6H,5H2. The van der Waals surface area contributed by atoms with Gasteiger partial charge in [-0.3, -0.25) is 4.79 Å². The van der Waals surface area contributed by atoms with Gasteiger partial charge in [-0.25, -0.2) is 4.39 Å². The zero-order chi connectivity index (χ0) is 13.3. The maximum atomic E-state index is 13.6. The lowest BCUT2D eigenvalue weighted by Gasteiger charge is -2.08. The van der Waals surface area contributed by atoms with Crippen LogP contribution in [0.5, 0.6) is 0 Å². The third-order valence-electron chi connectivity index (χ3n) is 2.36. The van der Waals surface area contributed by atoms with E-state index in [1.807, 2.05) is 0 Å². The van der Waals surface area contributed by atoms with Gasteiger partial charge in [-0.05, 0) is 56.1 Å². The molecule has 0 atom stereocenters. The topological polar surface area (TPSA) is 22.0 Å². The van der Waals surface area contributed by atoms with Gasteiger partial charge in [0.2, 0.25) is 0 Å². The van der Waals surface area contributed by atoms with Crippen LogP contribution in [-0.4, -0.2) is 4.57 Å². The van der Waals surface area contributed by atoms with Gasteiger partial charge in [0.05, 0.1) is 11.0 Å². The van der Waals surface area contributed by atoms with E-state index in [1.165, 1.54) is 10.6 Å². The van der Waals surface area contributed by atoms with Crippen molar-refractivity contribution >= 4 is 47.8 Å². The number of hydrogen-bond donors (Lipinski definition) is 0. The van der Waals surface area contributed by atoms with E-state index >= 15 is 0 Å². The molecule has 2 nitrogen and oxygen atoms in total. The lowest BCUT2D eigenvalue weighted by atomic mass is 10.2. The van der Waals surface area contributed by atoms with E-state index in [2.05, 4.69) is 47.8 Å². The summed E-state index contributed by atoms with van der Waals surface area (Å²) in [6.07, 6.45) is 1.63. The summed E-state index contributed by atoms with van der Waals surface area (Å²) in [5.41, 5.74) is 0.258. The SMILES string of the molecule is O=c1c(Br)cc(Br)cn1Cc1cc(Br)ccc1F. The number of nitrogens with zero attached hydrogens (tertiary/aromatic N) is 1. The fourth-order valence-electron chi connectivity index (χ4n) is 1.53. The van der Waals surface area contributed by atoms with E-state index < -0.39 is 0 Å². The second-order valence-corrected chi connectivity index (χ2v) is 6.36. The molecule has 0 aliphatic carbocycles. The van der Waals surface area contributed by atoms with Gasteiger partial charge in [-0.2, -0.15) is 0 Å². The minimum absolute atomic E-state index is 0.183. The second-order valence-electron chi connectivity index (χ2n) is 3.68. The van der Waals surface area contributed by atoms with Crippen LogP contribution < -0.4 is 5.56 Å². The Bertz CT molecular complexity index is 654. The predicted octanol–water partition coefficient (Wildman–Crippen LogP) is 4.32. The molecule has 0 radical (unpaired) electrons. The number of rotatable bonds is 2. The number of hydrogen-bond acceptors (Lipinski definition) is 1. The fraction of sp³-hybridized carbons (Fsp3) is 0.0833. The summed E-state index contributed by atoms with van der Waals surface area (Å²) >= 11 is 9.76. The molecule has 1 aromatic heterocycles. The molecule has 2 rings (SSSR count). The molecular weight excluding hydrogens is 433 g/mol. The van der Waals surface area contributed by atoms with Gasteiger partial charge >= 0.3 is 0 Å². The van der Waals surface area contributed by atoms with Crippen molar-refractivity contribution in [2.45, 2.75) is 6.54 Å². The van der Waals surface area contributed by atoms with Crippen LogP contribution in [0.15, 0.2) is 48.7 Å². The molecule has 1 heterocycles. The van der Waals surface area contributed by atoms with Gasteiger partial charge in [0.25, 0.3) is 5.56 Å². The summed E-state index contributed by atoms with van der Waals surface area (Å²) in [6.45, 7) is 0.183. The Hall–Kier alpha value is -0.460. The molecule has 6 heteroatoms. The second kappa shape index (κ2) is 5.67. The summed E-state index contributed by atoms with van der Waals surface area (Å²) in [6, 6.07) is 6.32. The van der Waals surface area contributed by atoms with Gasteiger partial charge in [0.1, 0.15) is 5.82 Å². The Kier molecular flexibility index (Phi) is 4.40. The summed E-state index contributed by atoms with van der Waals surface area (Å²) in [5, 5.41) is 0. The zero-order valence-electron chi connectivity index (χ0n) is 8.96. The first-order chi connectivity index (χ1) is 8.47. The maximum absolute atomic E-state index is 13.6. The third-order valence-corrected chi connectivity index (χ3v) is 3.85. The highest BCUT2D eigenvalue weighted by Gasteiger charge is 2.07. The van der Waals surface area contributed by atoms with Crippen LogP contribution >= 0.6 is 47.8 Å². The summed E-state index contributed by atoms with van der Waals surface area (Å²) in [7, 11) is 0.